The van der Waals surface area contributed by atoms with Gasteiger partial charge in [0.05, 0.1) is 16.9 Å². The molecule has 0 aliphatic rings. The molecule has 0 atom stereocenters. The van der Waals surface area contributed by atoms with Crippen LogP contribution in [0.4, 0.5) is 4.39 Å². The SMILES string of the molecule is CC(C)(C)c1cc(OC(=O)c2cccc(F)c2)n(-c2ccc(Cl)cc2)n1. The van der Waals surface area contributed by atoms with Crippen LogP contribution in [0.5, 0.6) is 5.88 Å². The van der Waals surface area contributed by atoms with E-state index in [1.807, 2.05) is 20.8 Å². The quantitative estimate of drug-likeness (QED) is 0.595. The minimum atomic E-state index is -0.653. The van der Waals surface area contributed by atoms with Gasteiger partial charge in [0.1, 0.15) is 5.82 Å². The molecule has 134 valence electrons. The van der Waals surface area contributed by atoms with E-state index in [2.05, 4.69) is 5.10 Å². The van der Waals surface area contributed by atoms with E-state index in [9.17, 15) is 9.18 Å². The summed E-state index contributed by atoms with van der Waals surface area (Å²) in [6.45, 7) is 6.04. The minimum Gasteiger partial charge on any atom is -0.404 e. The first-order valence-corrected chi connectivity index (χ1v) is 8.46. The van der Waals surface area contributed by atoms with Crippen LogP contribution in [0, 0.1) is 5.82 Å². The van der Waals surface area contributed by atoms with Crippen LogP contribution in [0.2, 0.25) is 5.02 Å². The Morgan fingerprint density at radius 3 is 2.42 bits per heavy atom. The van der Waals surface area contributed by atoms with Gasteiger partial charge in [-0.25, -0.2) is 13.9 Å². The molecule has 1 heterocycles. The number of halogens is 2. The van der Waals surface area contributed by atoms with Crippen LogP contribution in [0.1, 0.15) is 36.8 Å². The molecule has 26 heavy (non-hydrogen) atoms. The number of hydrogen-bond acceptors (Lipinski definition) is 3. The second-order valence-electron chi connectivity index (χ2n) is 6.91. The summed E-state index contributed by atoms with van der Waals surface area (Å²) in [6.07, 6.45) is 0. The van der Waals surface area contributed by atoms with Crippen LogP contribution in [-0.4, -0.2) is 15.7 Å². The number of ether oxygens (including phenoxy) is 1. The van der Waals surface area contributed by atoms with E-state index in [4.69, 9.17) is 16.3 Å². The molecule has 3 rings (SSSR count). The molecule has 0 spiro atoms. The number of nitrogens with zero attached hydrogens (tertiary/aromatic N) is 2. The zero-order valence-electron chi connectivity index (χ0n) is 14.7. The summed E-state index contributed by atoms with van der Waals surface area (Å²) in [5, 5.41) is 5.16. The zero-order chi connectivity index (χ0) is 18.9. The lowest BCUT2D eigenvalue weighted by Crippen LogP contribution is -2.13. The molecule has 0 aliphatic carbocycles. The summed E-state index contributed by atoms with van der Waals surface area (Å²) in [5.41, 5.74) is 1.35. The van der Waals surface area contributed by atoms with Crippen LogP contribution >= 0.6 is 11.6 Å². The Hall–Kier alpha value is -2.66. The predicted molar refractivity (Wildman–Crippen MR) is 98.6 cm³/mol. The standard InChI is InChI=1S/C20H18ClFN2O2/c1-20(2,3)17-12-18(24(23-17)16-9-7-14(21)8-10-16)26-19(25)13-5-4-6-15(22)11-13/h4-12H,1-3H3. The van der Waals surface area contributed by atoms with Gasteiger partial charge in [-0.05, 0) is 42.5 Å². The third-order valence-electron chi connectivity index (χ3n) is 3.77. The number of rotatable bonds is 3. The van der Waals surface area contributed by atoms with Gasteiger partial charge in [0, 0.05) is 16.5 Å². The van der Waals surface area contributed by atoms with E-state index in [1.165, 1.54) is 22.9 Å². The molecule has 3 aromatic rings. The third-order valence-corrected chi connectivity index (χ3v) is 4.03. The molecule has 0 aliphatic heterocycles. The summed E-state index contributed by atoms with van der Waals surface area (Å²) in [7, 11) is 0. The maximum Gasteiger partial charge on any atom is 0.344 e. The van der Waals surface area contributed by atoms with Crippen molar-refractivity contribution in [2.75, 3.05) is 0 Å². The lowest BCUT2D eigenvalue weighted by Gasteiger charge is -2.13. The van der Waals surface area contributed by atoms with Crippen LogP contribution in [0.15, 0.2) is 54.6 Å². The summed E-state index contributed by atoms with van der Waals surface area (Å²) >= 11 is 5.95. The van der Waals surface area contributed by atoms with Crippen LogP contribution in [0.3, 0.4) is 0 Å². The third kappa shape index (κ3) is 3.94. The van der Waals surface area contributed by atoms with Crippen molar-refractivity contribution in [1.29, 1.82) is 0 Å². The van der Waals surface area contributed by atoms with E-state index in [0.717, 1.165) is 11.8 Å². The topological polar surface area (TPSA) is 44.1 Å². The van der Waals surface area contributed by atoms with E-state index in [-0.39, 0.29) is 16.9 Å². The van der Waals surface area contributed by atoms with Crippen molar-refractivity contribution >= 4 is 17.6 Å². The molecule has 0 radical (unpaired) electrons. The van der Waals surface area contributed by atoms with Gasteiger partial charge in [-0.2, -0.15) is 5.10 Å². The van der Waals surface area contributed by atoms with Crippen molar-refractivity contribution < 1.29 is 13.9 Å². The molecule has 0 fully saturated rings. The number of hydrogen-bond donors (Lipinski definition) is 0. The Morgan fingerprint density at radius 1 is 1.12 bits per heavy atom. The van der Waals surface area contributed by atoms with Gasteiger partial charge in [-0.1, -0.05) is 38.4 Å². The summed E-state index contributed by atoms with van der Waals surface area (Å²) in [4.78, 5) is 12.4. The van der Waals surface area contributed by atoms with Gasteiger partial charge in [0.25, 0.3) is 0 Å². The smallest absolute Gasteiger partial charge is 0.344 e. The summed E-state index contributed by atoms with van der Waals surface area (Å²) in [6, 6.07) is 14.1. The van der Waals surface area contributed by atoms with Crippen molar-refractivity contribution in [2.45, 2.75) is 26.2 Å². The fourth-order valence-electron chi connectivity index (χ4n) is 2.34. The number of carbonyl (C=O) groups is 1. The molecule has 0 amide bonds. The van der Waals surface area contributed by atoms with E-state index in [1.54, 1.807) is 30.3 Å². The van der Waals surface area contributed by atoms with Gasteiger partial charge < -0.3 is 4.74 Å². The molecule has 0 N–H and O–H groups in total. The molecule has 1 aromatic heterocycles. The molecule has 0 saturated heterocycles. The predicted octanol–water partition coefficient (Wildman–Crippen LogP) is 5.18. The van der Waals surface area contributed by atoms with E-state index >= 15 is 0 Å². The Morgan fingerprint density at radius 2 is 1.81 bits per heavy atom. The summed E-state index contributed by atoms with van der Waals surface area (Å²) in [5.74, 6) is -0.896. The molecular formula is C20H18ClFN2O2. The lowest BCUT2D eigenvalue weighted by atomic mass is 9.93. The van der Waals surface area contributed by atoms with Crippen molar-refractivity contribution in [3.05, 3.63) is 76.7 Å². The normalized spacial score (nSPS) is 11.4. The first-order chi connectivity index (χ1) is 12.2. The van der Waals surface area contributed by atoms with E-state index in [0.29, 0.717) is 10.7 Å². The number of carbonyl (C=O) groups excluding carboxylic acids is 1. The monoisotopic (exact) mass is 372 g/mol. The minimum absolute atomic E-state index is 0.131. The first-order valence-electron chi connectivity index (χ1n) is 8.08. The van der Waals surface area contributed by atoms with E-state index < -0.39 is 11.8 Å². The fraction of sp³-hybridized carbons (Fsp3) is 0.200. The summed E-state index contributed by atoms with van der Waals surface area (Å²) < 4.78 is 20.4. The first kappa shape index (κ1) is 18.1. The second kappa shape index (κ2) is 6.92. The van der Waals surface area contributed by atoms with Gasteiger partial charge >= 0.3 is 5.97 Å². The van der Waals surface area contributed by atoms with Crippen molar-refractivity contribution in [3.63, 3.8) is 0 Å². The highest BCUT2D eigenvalue weighted by Crippen LogP contribution is 2.28. The Bertz CT molecular complexity index is 943. The molecule has 0 saturated carbocycles. The highest BCUT2D eigenvalue weighted by Gasteiger charge is 2.23. The average molecular weight is 373 g/mol. The number of aromatic nitrogens is 2. The molecule has 2 aromatic carbocycles. The van der Waals surface area contributed by atoms with Crippen molar-refractivity contribution in [3.8, 4) is 11.6 Å². The van der Waals surface area contributed by atoms with Crippen LogP contribution in [0.25, 0.3) is 5.69 Å². The Kier molecular flexibility index (Phi) is 4.83. The molecule has 0 bridgehead atoms. The van der Waals surface area contributed by atoms with Crippen LogP contribution < -0.4 is 4.74 Å². The average Bonchev–Trinajstić information content (AvgIpc) is 2.99. The van der Waals surface area contributed by atoms with Crippen molar-refractivity contribution in [2.24, 2.45) is 0 Å². The lowest BCUT2D eigenvalue weighted by molar-refractivity contribution is 0.0722. The molecule has 4 nitrogen and oxygen atoms in total. The molecule has 0 unspecified atom stereocenters. The molecule has 6 heteroatoms. The largest absolute Gasteiger partial charge is 0.404 e. The fourth-order valence-corrected chi connectivity index (χ4v) is 2.47. The van der Waals surface area contributed by atoms with Crippen LogP contribution in [-0.2, 0) is 5.41 Å². The highest BCUT2D eigenvalue weighted by molar-refractivity contribution is 6.30. The Balaban J connectivity index is 2.00. The highest BCUT2D eigenvalue weighted by atomic mass is 35.5. The van der Waals surface area contributed by atoms with Gasteiger partial charge in [0.15, 0.2) is 0 Å². The maximum absolute atomic E-state index is 13.4. The Labute approximate surface area is 156 Å². The van der Waals surface area contributed by atoms with Crippen molar-refractivity contribution in [1.82, 2.24) is 9.78 Å². The van der Waals surface area contributed by atoms with Gasteiger partial charge in [-0.15, -0.1) is 0 Å². The molecular weight excluding hydrogens is 355 g/mol. The number of benzene rings is 2. The van der Waals surface area contributed by atoms with Gasteiger partial charge in [0.2, 0.25) is 5.88 Å². The zero-order valence-corrected chi connectivity index (χ0v) is 15.4. The maximum atomic E-state index is 13.4. The van der Waals surface area contributed by atoms with Gasteiger partial charge in [-0.3, -0.25) is 0 Å². The number of esters is 1. The second-order valence-corrected chi connectivity index (χ2v) is 7.34.